The Hall–Kier alpha value is -0.540. The Balaban J connectivity index is 2.91. The van der Waals surface area contributed by atoms with Crippen molar-refractivity contribution in [1.82, 2.24) is 4.90 Å². The third-order valence-corrected chi connectivity index (χ3v) is 2.97. The molecule has 0 aliphatic rings. The van der Waals surface area contributed by atoms with E-state index in [1.807, 2.05) is 6.07 Å². The molecule has 1 rings (SSSR count). The molecule has 0 spiro atoms. The van der Waals surface area contributed by atoms with Crippen LogP contribution in [0.15, 0.2) is 22.7 Å². The average Bonchev–Trinajstić information content (AvgIpc) is 2.19. The molecule has 0 aliphatic carbocycles. The van der Waals surface area contributed by atoms with Gasteiger partial charge in [0.25, 0.3) is 5.91 Å². The molecular weight excluding hydrogens is 289 g/mol. The van der Waals surface area contributed by atoms with E-state index in [1.54, 1.807) is 24.1 Å². The number of hydrogen-bond donors (Lipinski definition) is 0. The molecule has 0 saturated carbocycles. The molecule has 0 fully saturated rings. The summed E-state index contributed by atoms with van der Waals surface area (Å²) in [5.74, 6) is 0.403. The van der Waals surface area contributed by atoms with E-state index in [9.17, 15) is 4.79 Å². The second kappa shape index (κ2) is 5.69. The van der Waals surface area contributed by atoms with E-state index in [0.717, 1.165) is 11.0 Å². The van der Waals surface area contributed by atoms with Gasteiger partial charge >= 0.3 is 0 Å². The first-order chi connectivity index (χ1) is 7.41. The molecule has 1 aromatic rings. The number of nitrogens with zero attached hydrogens (tertiary/aromatic N) is 1. The topological polar surface area (TPSA) is 20.3 Å². The van der Waals surface area contributed by atoms with Gasteiger partial charge in [0.2, 0.25) is 0 Å². The van der Waals surface area contributed by atoms with Crippen LogP contribution in [0.5, 0.6) is 0 Å². The first-order valence-electron chi connectivity index (χ1n) is 5.12. The fourth-order valence-corrected chi connectivity index (χ4v) is 2.06. The molecule has 1 aromatic carbocycles. The lowest BCUT2D eigenvalue weighted by Gasteiger charge is -2.20. The van der Waals surface area contributed by atoms with E-state index < -0.39 is 0 Å². The summed E-state index contributed by atoms with van der Waals surface area (Å²) in [6.07, 6.45) is 0. The number of hydrogen-bond acceptors (Lipinski definition) is 1. The Kier molecular flexibility index (Phi) is 4.81. The van der Waals surface area contributed by atoms with Crippen molar-refractivity contribution >= 4 is 33.4 Å². The maximum atomic E-state index is 12.1. The summed E-state index contributed by atoms with van der Waals surface area (Å²) in [4.78, 5) is 13.8. The van der Waals surface area contributed by atoms with Crippen LogP contribution in [0.4, 0.5) is 0 Å². The summed E-state index contributed by atoms with van der Waals surface area (Å²) >= 11 is 9.34. The van der Waals surface area contributed by atoms with Gasteiger partial charge in [-0.15, -0.1) is 0 Å². The third kappa shape index (κ3) is 3.49. The summed E-state index contributed by atoms with van der Waals surface area (Å²) in [5.41, 5.74) is 0.541. The van der Waals surface area contributed by atoms with E-state index in [4.69, 9.17) is 11.6 Å². The van der Waals surface area contributed by atoms with Gasteiger partial charge in [0.15, 0.2) is 0 Å². The first-order valence-corrected chi connectivity index (χ1v) is 6.29. The Morgan fingerprint density at radius 3 is 2.69 bits per heavy atom. The maximum Gasteiger partial charge on any atom is 0.255 e. The minimum atomic E-state index is -0.0417. The lowest BCUT2D eigenvalue weighted by Crippen LogP contribution is -2.30. The molecule has 0 heterocycles. The van der Waals surface area contributed by atoms with Crippen molar-refractivity contribution in [3.05, 3.63) is 33.3 Å². The quantitative estimate of drug-likeness (QED) is 0.831. The molecule has 0 aromatic heterocycles. The van der Waals surface area contributed by atoms with Crippen molar-refractivity contribution in [2.45, 2.75) is 13.8 Å². The first kappa shape index (κ1) is 13.5. The largest absolute Gasteiger partial charge is 0.341 e. The number of carbonyl (C=O) groups excluding carboxylic acids is 1. The molecule has 0 saturated heterocycles. The van der Waals surface area contributed by atoms with Crippen LogP contribution in [-0.2, 0) is 0 Å². The molecule has 0 aliphatic heterocycles. The molecule has 0 atom stereocenters. The number of amides is 1. The molecule has 16 heavy (non-hydrogen) atoms. The summed E-state index contributed by atoms with van der Waals surface area (Å²) in [6, 6.07) is 5.30. The molecule has 1 amide bonds. The number of rotatable bonds is 3. The smallest absolute Gasteiger partial charge is 0.255 e. The van der Waals surface area contributed by atoms with Gasteiger partial charge in [0, 0.05) is 18.1 Å². The Labute approximate surface area is 110 Å². The van der Waals surface area contributed by atoms with Gasteiger partial charge in [-0.3, -0.25) is 4.79 Å². The number of benzene rings is 1. The zero-order valence-electron chi connectivity index (χ0n) is 9.63. The maximum absolute atomic E-state index is 12.1. The molecule has 88 valence electrons. The third-order valence-electron chi connectivity index (χ3n) is 2.14. The fourth-order valence-electron chi connectivity index (χ4n) is 1.50. The lowest BCUT2D eigenvalue weighted by molar-refractivity contribution is 0.0779. The predicted octanol–water partition coefficient (Wildman–Crippen LogP) is 3.83. The van der Waals surface area contributed by atoms with Crippen LogP contribution in [0.2, 0.25) is 5.02 Å². The van der Waals surface area contributed by atoms with Gasteiger partial charge in [-0.2, -0.15) is 0 Å². The highest BCUT2D eigenvalue weighted by Gasteiger charge is 2.16. The molecular formula is C12H15BrClNO. The Morgan fingerprint density at radius 2 is 2.12 bits per heavy atom. The second-order valence-electron chi connectivity index (χ2n) is 4.20. The van der Waals surface area contributed by atoms with Crippen molar-refractivity contribution < 1.29 is 4.79 Å². The Bertz CT molecular complexity index is 393. The van der Waals surface area contributed by atoms with Crippen LogP contribution >= 0.6 is 27.5 Å². The van der Waals surface area contributed by atoms with Crippen LogP contribution in [0.3, 0.4) is 0 Å². The van der Waals surface area contributed by atoms with E-state index >= 15 is 0 Å². The van der Waals surface area contributed by atoms with Gasteiger partial charge in [0.05, 0.1) is 10.6 Å². The minimum Gasteiger partial charge on any atom is -0.341 e. The van der Waals surface area contributed by atoms with E-state index in [1.165, 1.54) is 0 Å². The summed E-state index contributed by atoms with van der Waals surface area (Å²) in [7, 11) is 1.79. The van der Waals surface area contributed by atoms with Crippen molar-refractivity contribution in [1.29, 1.82) is 0 Å². The zero-order chi connectivity index (χ0) is 12.3. The number of halogens is 2. The molecule has 0 unspecified atom stereocenters. The SMILES string of the molecule is CC(C)CN(C)C(=O)c1cc(Br)ccc1Cl. The minimum absolute atomic E-state index is 0.0417. The summed E-state index contributed by atoms with van der Waals surface area (Å²) in [5, 5.41) is 0.490. The normalized spacial score (nSPS) is 10.6. The highest BCUT2D eigenvalue weighted by molar-refractivity contribution is 9.10. The van der Waals surface area contributed by atoms with E-state index in [0.29, 0.717) is 16.5 Å². The highest BCUT2D eigenvalue weighted by Crippen LogP contribution is 2.22. The fraction of sp³-hybridized carbons (Fsp3) is 0.417. The van der Waals surface area contributed by atoms with Gasteiger partial charge in [-0.1, -0.05) is 41.4 Å². The average molecular weight is 305 g/mol. The van der Waals surface area contributed by atoms with Crippen LogP contribution < -0.4 is 0 Å². The highest BCUT2D eigenvalue weighted by atomic mass is 79.9. The Morgan fingerprint density at radius 1 is 1.50 bits per heavy atom. The van der Waals surface area contributed by atoms with Crippen LogP contribution in [0, 0.1) is 5.92 Å². The number of carbonyl (C=O) groups is 1. The summed E-state index contributed by atoms with van der Waals surface area (Å²) in [6.45, 7) is 4.88. The van der Waals surface area contributed by atoms with Crippen LogP contribution in [0.1, 0.15) is 24.2 Å². The van der Waals surface area contributed by atoms with Crippen LogP contribution in [-0.4, -0.2) is 24.4 Å². The van der Waals surface area contributed by atoms with Crippen molar-refractivity contribution in [2.75, 3.05) is 13.6 Å². The van der Waals surface area contributed by atoms with Gasteiger partial charge in [-0.25, -0.2) is 0 Å². The lowest BCUT2D eigenvalue weighted by atomic mass is 10.1. The molecule has 0 radical (unpaired) electrons. The van der Waals surface area contributed by atoms with Crippen molar-refractivity contribution in [2.24, 2.45) is 5.92 Å². The molecule has 0 bridgehead atoms. The second-order valence-corrected chi connectivity index (χ2v) is 5.53. The van der Waals surface area contributed by atoms with Gasteiger partial charge in [0.1, 0.15) is 0 Å². The van der Waals surface area contributed by atoms with Crippen LogP contribution in [0.25, 0.3) is 0 Å². The molecule has 2 nitrogen and oxygen atoms in total. The van der Waals surface area contributed by atoms with Gasteiger partial charge < -0.3 is 4.90 Å². The van der Waals surface area contributed by atoms with E-state index in [-0.39, 0.29) is 5.91 Å². The zero-order valence-corrected chi connectivity index (χ0v) is 12.0. The predicted molar refractivity (Wildman–Crippen MR) is 71.0 cm³/mol. The molecule has 0 N–H and O–H groups in total. The van der Waals surface area contributed by atoms with E-state index in [2.05, 4.69) is 29.8 Å². The standard InChI is InChI=1S/C12H15BrClNO/c1-8(2)7-15(3)12(16)10-6-9(13)4-5-11(10)14/h4-6,8H,7H2,1-3H3. The summed E-state index contributed by atoms with van der Waals surface area (Å²) < 4.78 is 0.859. The molecule has 4 heteroatoms. The van der Waals surface area contributed by atoms with Crippen molar-refractivity contribution in [3.8, 4) is 0 Å². The van der Waals surface area contributed by atoms with Crippen molar-refractivity contribution in [3.63, 3.8) is 0 Å². The monoisotopic (exact) mass is 303 g/mol. The van der Waals surface area contributed by atoms with Gasteiger partial charge in [-0.05, 0) is 24.1 Å².